The Morgan fingerprint density at radius 1 is 1.21 bits per heavy atom. The van der Waals surface area contributed by atoms with Crippen LogP contribution < -0.4 is 4.74 Å². The van der Waals surface area contributed by atoms with Gasteiger partial charge in [-0.15, -0.1) is 0 Å². The lowest BCUT2D eigenvalue weighted by Crippen LogP contribution is -2.38. The van der Waals surface area contributed by atoms with E-state index < -0.39 is 0 Å². The summed E-state index contributed by atoms with van der Waals surface area (Å²) in [6, 6.07) is 11.3. The first kappa shape index (κ1) is 19.8. The van der Waals surface area contributed by atoms with Crippen molar-refractivity contribution in [3.05, 3.63) is 68.8 Å². The highest BCUT2D eigenvalue weighted by Crippen LogP contribution is 2.30. The Morgan fingerprint density at radius 2 is 1.97 bits per heavy atom. The van der Waals surface area contributed by atoms with Crippen molar-refractivity contribution in [2.45, 2.75) is 26.8 Å². The predicted octanol–water partition coefficient (Wildman–Crippen LogP) is 4.96. The van der Waals surface area contributed by atoms with Crippen LogP contribution in [0.2, 0.25) is 10.0 Å². The highest BCUT2D eigenvalue weighted by atomic mass is 35.5. The summed E-state index contributed by atoms with van der Waals surface area (Å²) >= 11 is 12.3. The fraction of sp³-hybridized carbons (Fsp3) is 0.273. The minimum absolute atomic E-state index is 0.0137. The van der Waals surface area contributed by atoms with Crippen molar-refractivity contribution in [1.82, 2.24) is 15.1 Å². The number of carbonyl (C=O) groups is 1. The molecule has 0 bridgehead atoms. The Kier molecular flexibility index (Phi) is 5.52. The number of ether oxygens (including phenoxy) is 1. The zero-order chi connectivity index (χ0) is 20.5. The number of aromatic nitrogens is 2. The van der Waals surface area contributed by atoms with Gasteiger partial charge >= 0.3 is 0 Å². The molecule has 4 rings (SSSR count). The van der Waals surface area contributed by atoms with E-state index in [0.717, 1.165) is 45.1 Å². The first-order valence-electron chi connectivity index (χ1n) is 9.41. The van der Waals surface area contributed by atoms with E-state index in [0.29, 0.717) is 23.9 Å². The average molecular weight is 430 g/mol. The van der Waals surface area contributed by atoms with Crippen LogP contribution in [0, 0.1) is 13.8 Å². The van der Waals surface area contributed by atoms with Crippen molar-refractivity contribution >= 4 is 29.1 Å². The summed E-state index contributed by atoms with van der Waals surface area (Å²) in [6.07, 6.45) is 0.730. The summed E-state index contributed by atoms with van der Waals surface area (Å²) in [5.41, 5.74) is 5.74. The molecule has 0 saturated heterocycles. The lowest BCUT2D eigenvalue weighted by atomic mass is 10.0. The van der Waals surface area contributed by atoms with E-state index in [4.69, 9.17) is 27.9 Å². The van der Waals surface area contributed by atoms with E-state index in [1.165, 1.54) is 0 Å². The molecule has 0 radical (unpaired) electrons. The van der Waals surface area contributed by atoms with E-state index in [1.807, 2.05) is 55.1 Å². The topological polar surface area (TPSA) is 58.2 Å². The normalized spacial score (nSPS) is 13.3. The summed E-state index contributed by atoms with van der Waals surface area (Å²) in [5, 5.41) is 8.94. The number of halogens is 2. The number of fused-ring (bicyclic) bond motifs is 1. The Labute approximate surface area is 179 Å². The second-order valence-corrected chi connectivity index (χ2v) is 8.08. The van der Waals surface area contributed by atoms with Crippen molar-refractivity contribution in [3.8, 4) is 17.0 Å². The number of nitrogens with one attached hydrogen (secondary N) is 1. The van der Waals surface area contributed by atoms with Crippen molar-refractivity contribution in [1.29, 1.82) is 0 Å². The second kappa shape index (κ2) is 8.09. The number of carbonyl (C=O) groups excluding carboxylic acids is 1. The zero-order valence-electron chi connectivity index (χ0n) is 16.3. The molecule has 1 amide bonds. The minimum Gasteiger partial charge on any atom is -0.484 e. The molecule has 3 aromatic rings. The van der Waals surface area contributed by atoms with Crippen LogP contribution >= 0.6 is 23.2 Å². The van der Waals surface area contributed by atoms with Crippen LogP contribution in [-0.2, 0) is 17.8 Å². The van der Waals surface area contributed by atoms with Gasteiger partial charge < -0.3 is 9.64 Å². The summed E-state index contributed by atoms with van der Waals surface area (Å²) < 4.78 is 5.75. The summed E-state index contributed by atoms with van der Waals surface area (Å²) in [5.74, 6) is 0.595. The highest BCUT2D eigenvalue weighted by molar-refractivity contribution is 6.32. The number of H-pyrrole nitrogens is 1. The van der Waals surface area contributed by atoms with Gasteiger partial charge in [-0.1, -0.05) is 35.3 Å². The average Bonchev–Trinajstić information content (AvgIpc) is 3.13. The number of hydrogen-bond acceptors (Lipinski definition) is 3. The molecular formula is C22H21Cl2N3O2. The molecule has 0 saturated carbocycles. The van der Waals surface area contributed by atoms with Crippen LogP contribution in [0.4, 0.5) is 0 Å². The van der Waals surface area contributed by atoms with E-state index >= 15 is 0 Å². The number of aromatic amines is 1. The molecule has 1 aliphatic heterocycles. The Balaban J connectivity index is 1.47. The van der Waals surface area contributed by atoms with E-state index in [1.54, 1.807) is 0 Å². The van der Waals surface area contributed by atoms with E-state index in [9.17, 15) is 4.79 Å². The summed E-state index contributed by atoms with van der Waals surface area (Å²) in [7, 11) is 0. The third kappa shape index (κ3) is 4.11. The highest BCUT2D eigenvalue weighted by Gasteiger charge is 2.26. The first-order chi connectivity index (χ1) is 13.9. The number of amides is 1. The third-order valence-electron chi connectivity index (χ3n) is 5.16. The van der Waals surface area contributed by atoms with Gasteiger partial charge in [-0.3, -0.25) is 9.89 Å². The summed E-state index contributed by atoms with van der Waals surface area (Å²) in [6.45, 7) is 4.96. The van der Waals surface area contributed by atoms with Crippen LogP contribution in [0.15, 0.2) is 36.4 Å². The predicted molar refractivity (Wildman–Crippen MR) is 115 cm³/mol. The van der Waals surface area contributed by atoms with E-state index in [-0.39, 0.29) is 12.5 Å². The van der Waals surface area contributed by atoms with Crippen molar-refractivity contribution in [3.63, 3.8) is 0 Å². The number of rotatable bonds is 4. The molecule has 1 N–H and O–H groups in total. The van der Waals surface area contributed by atoms with Gasteiger partial charge in [0.2, 0.25) is 0 Å². The van der Waals surface area contributed by atoms with Gasteiger partial charge in [-0.05, 0) is 49.2 Å². The Bertz CT molecular complexity index is 1050. The molecule has 150 valence electrons. The number of hydrogen-bond donors (Lipinski definition) is 1. The maximum atomic E-state index is 12.8. The van der Waals surface area contributed by atoms with Crippen molar-refractivity contribution in [2.24, 2.45) is 0 Å². The van der Waals surface area contributed by atoms with Gasteiger partial charge in [0, 0.05) is 46.4 Å². The molecule has 2 heterocycles. The fourth-order valence-electron chi connectivity index (χ4n) is 3.61. The molecule has 0 aliphatic carbocycles. The number of aryl methyl sites for hydroxylation is 2. The van der Waals surface area contributed by atoms with Gasteiger partial charge in [0.15, 0.2) is 6.61 Å². The maximum Gasteiger partial charge on any atom is 0.260 e. The molecule has 2 aromatic carbocycles. The zero-order valence-corrected chi connectivity index (χ0v) is 17.8. The third-order valence-corrected chi connectivity index (χ3v) is 5.99. The van der Waals surface area contributed by atoms with Crippen LogP contribution in [0.25, 0.3) is 11.3 Å². The lowest BCUT2D eigenvalue weighted by Gasteiger charge is -2.27. The molecule has 0 spiro atoms. The fourth-order valence-corrected chi connectivity index (χ4v) is 3.91. The molecule has 1 aliphatic rings. The molecule has 29 heavy (non-hydrogen) atoms. The van der Waals surface area contributed by atoms with Crippen molar-refractivity contribution < 1.29 is 9.53 Å². The standard InChI is InChI=1S/C22H21Cl2N3O2/c1-13-8-17(9-14(2)21(13)24)29-12-20(28)27-7-6-19-18(11-27)22(26-25-19)15-4-3-5-16(23)10-15/h3-5,8-10H,6-7,11-12H2,1-2H3,(H,25,26). The molecular weight excluding hydrogens is 409 g/mol. The smallest absolute Gasteiger partial charge is 0.260 e. The van der Waals surface area contributed by atoms with Gasteiger partial charge in [-0.2, -0.15) is 5.10 Å². The Hall–Kier alpha value is -2.50. The molecule has 0 unspecified atom stereocenters. The van der Waals surface area contributed by atoms with Crippen LogP contribution in [0.5, 0.6) is 5.75 Å². The first-order valence-corrected chi connectivity index (χ1v) is 10.2. The number of nitrogens with zero attached hydrogens (tertiary/aromatic N) is 2. The van der Waals surface area contributed by atoms with E-state index in [2.05, 4.69) is 10.2 Å². The molecule has 1 aromatic heterocycles. The molecule has 7 heteroatoms. The summed E-state index contributed by atoms with van der Waals surface area (Å²) in [4.78, 5) is 14.6. The van der Waals surface area contributed by atoms with Gasteiger partial charge in [0.1, 0.15) is 5.75 Å². The van der Waals surface area contributed by atoms with Gasteiger partial charge in [-0.25, -0.2) is 0 Å². The second-order valence-electron chi connectivity index (χ2n) is 7.26. The maximum absolute atomic E-state index is 12.8. The van der Waals surface area contributed by atoms with Crippen LogP contribution in [-0.4, -0.2) is 34.2 Å². The van der Waals surface area contributed by atoms with Crippen LogP contribution in [0.1, 0.15) is 22.4 Å². The quantitative estimate of drug-likeness (QED) is 0.636. The van der Waals surface area contributed by atoms with Gasteiger partial charge in [0.05, 0.1) is 5.69 Å². The minimum atomic E-state index is -0.0563. The molecule has 0 fully saturated rings. The molecule has 0 atom stereocenters. The molecule has 5 nitrogen and oxygen atoms in total. The Morgan fingerprint density at radius 3 is 2.69 bits per heavy atom. The monoisotopic (exact) mass is 429 g/mol. The SMILES string of the molecule is Cc1cc(OCC(=O)N2CCc3[nH]nc(-c4cccc(Cl)c4)c3C2)cc(C)c1Cl. The number of benzene rings is 2. The van der Waals surface area contributed by atoms with Gasteiger partial charge in [0.25, 0.3) is 5.91 Å². The largest absolute Gasteiger partial charge is 0.484 e. The lowest BCUT2D eigenvalue weighted by molar-refractivity contribution is -0.134. The van der Waals surface area contributed by atoms with Crippen molar-refractivity contribution in [2.75, 3.05) is 13.2 Å². The van der Waals surface area contributed by atoms with Crippen LogP contribution in [0.3, 0.4) is 0 Å².